The van der Waals surface area contributed by atoms with E-state index in [9.17, 15) is 27.0 Å². The Hall–Kier alpha value is -1.68. The Morgan fingerprint density at radius 3 is 2.65 bits per heavy atom. The van der Waals surface area contributed by atoms with Gasteiger partial charge in [-0.05, 0) is 18.9 Å². The van der Waals surface area contributed by atoms with E-state index in [1.807, 2.05) is 0 Å². The average Bonchev–Trinajstić information content (AvgIpc) is 2.44. The fraction of sp³-hybridized carbons (Fsp3) is 0.538. The molecule has 2 rings (SSSR count). The van der Waals surface area contributed by atoms with Gasteiger partial charge in [-0.1, -0.05) is 6.07 Å². The normalized spacial score (nSPS) is 26.6. The van der Waals surface area contributed by atoms with Gasteiger partial charge in [-0.3, -0.25) is 9.59 Å². The zero-order valence-electron chi connectivity index (χ0n) is 12.0. The number of carbonyl (C=O) groups excluding carboxylic acids is 1. The first-order chi connectivity index (χ1) is 10.6. The molecule has 1 aliphatic rings. The highest BCUT2D eigenvalue weighted by Gasteiger charge is 2.42. The first kappa shape index (κ1) is 17.7. The standard InChI is InChI=1S/C13H16F3N3O3S/c14-13(15,16)10(19-6-2-1-3-11(19)20)5-8-23(22)7-4-9(17)12(21)18-23/h1-3,6,9-10H,4-5,7-8,17H2/t9-,10?,23?/m0/s1. The molecule has 0 aliphatic carbocycles. The van der Waals surface area contributed by atoms with Crippen molar-refractivity contribution in [2.24, 2.45) is 10.1 Å². The monoisotopic (exact) mass is 351 g/mol. The van der Waals surface area contributed by atoms with Gasteiger partial charge in [-0.25, -0.2) is 4.21 Å². The Morgan fingerprint density at radius 2 is 2.09 bits per heavy atom. The molecule has 2 unspecified atom stereocenters. The highest BCUT2D eigenvalue weighted by atomic mass is 32.2. The van der Waals surface area contributed by atoms with Crippen LogP contribution in [0.15, 0.2) is 33.6 Å². The van der Waals surface area contributed by atoms with Gasteiger partial charge in [-0.2, -0.15) is 17.5 Å². The highest BCUT2D eigenvalue weighted by molar-refractivity contribution is 7.93. The fourth-order valence-corrected chi connectivity index (χ4v) is 4.38. The van der Waals surface area contributed by atoms with Crippen molar-refractivity contribution in [1.29, 1.82) is 0 Å². The molecular formula is C13H16F3N3O3S. The molecule has 128 valence electrons. The second kappa shape index (κ2) is 6.44. The highest BCUT2D eigenvalue weighted by Crippen LogP contribution is 2.33. The number of nitrogens with two attached hydrogens (primary N) is 1. The van der Waals surface area contributed by atoms with Crippen LogP contribution < -0.4 is 11.3 Å². The van der Waals surface area contributed by atoms with Crippen LogP contribution in [0.2, 0.25) is 0 Å². The Bertz CT molecular complexity index is 765. The van der Waals surface area contributed by atoms with Crippen molar-refractivity contribution in [2.75, 3.05) is 11.5 Å². The summed E-state index contributed by atoms with van der Waals surface area (Å²) in [7, 11) is -3.07. The molecule has 0 fully saturated rings. The van der Waals surface area contributed by atoms with Gasteiger partial charge in [0.15, 0.2) is 0 Å². The molecule has 6 nitrogen and oxygen atoms in total. The maximum absolute atomic E-state index is 13.2. The molecule has 0 radical (unpaired) electrons. The van der Waals surface area contributed by atoms with Crippen LogP contribution in [0.5, 0.6) is 0 Å². The summed E-state index contributed by atoms with van der Waals surface area (Å²) in [6.07, 6.45) is -4.12. The van der Waals surface area contributed by atoms with Crippen molar-refractivity contribution in [1.82, 2.24) is 4.57 Å². The maximum Gasteiger partial charge on any atom is 0.409 e. The third kappa shape index (κ3) is 4.20. The summed E-state index contributed by atoms with van der Waals surface area (Å²) in [4.78, 5) is 23.1. The predicted octanol–water partition coefficient (Wildman–Crippen LogP) is 1.07. The number of carbonyl (C=O) groups is 1. The lowest BCUT2D eigenvalue weighted by molar-refractivity contribution is -0.168. The Balaban J connectivity index is 2.26. The smallest absolute Gasteiger partial charge is 0.320 e. The minimum atomic E-state index is -4.68. The number of amides is 1. The lowest BCUT2D eigenvalue weighted by Gasteiger charge is -2.24. The molecule has 1 aromatic heterocycles. The first-order valence-electron chi connectivity index (χ1n) is 6.88. The van der Waals surface area contributed by atoms with Crippen molar-refractivity contribution in [3.8, 4) is 0 Å². The van der Waals surface area contributed by atoms with Gasteiger partial charge in [0, 0.05) is 23.8 Å². The number of hydrogen-bond donors (Lipinski definition) is 1. The van der Waals surface area contributed by atoms with E-state index >= 15 is 0 Å². The second-order valence-electron chi connectivity index (χ2n) is 5.30. The van der Waals surface area contributed by atoms with Gasteiger partial charge >= 0.3 is 6.18 Å². The van der Waals surface area contributed by atoms with Gasteiger partial charge in [-0.15, -0.1) is 0 Å². The van der Waals surface area contributed by atoms with Crippen molar-refractivity contribution in [2.45, 2.75) is 31.1 Å². The summed E-state index contributed by atoms with van der Waals surface area (Å²) in [6.45, 7) is 0. The molecule has 1 aliphatic heterocycles. The van der Waals surface area contributed by atoms with E-state index in [2.05, 4.69) is 4.36 Å². The van der Waals surface area contributed by atoms with Crippen molar-refractivity contribution in [3.05, 3.63) is 34.7 Å². The van der Waals surface area contributed by atoms with Gasteiger partial charge in [0.1, 0.15) is 6.04 Å². The fourth-order valence-electron chi connectivity index (χ4n) is 2.31. The summed E-state index contributed by atoms with van der Waals surface area (Å²) in [5.74, 6) is -1.19. The third-order valence-electron chi connectivity index (χ3n) is 3.60. The molecule has 1 amide bonds. The van der Waals surface area contributed by atoms with Crippen molar-refractivity contribution >= 4 is 15.6 Å². The third-order valence-corrected chi connectivity index (χ3v) is 5.86. The average molecular weight is 351 g/mol. The van der Waals surface area contributed by atoms with E-state index in [1.54, 1.807) is 0 Å². The van der Waals surface area contributed by atoms with E-state index in [0.717, 1.165) is 12.3 Å². The molecule has 0 saturated carbocycles. The van der Waals surface area contributed by atoms with Crippen molar-refractivity contribution in [3.63, 3.8) is 0 Å². The Kier molecular flexibility index (Phi) is 4.95. The summed E-state index contributed by atoms with van der Waals surface area (Å²) in [5.41, 5.74) is 4.64. The van der Waals surface area contributed by atoms with Crippen LogP contribution in [-0.2, 0) is 14.5 Å². The molecule has 0 aromatic carbocycles. The minimum Gasteiger partial charge on any atom is -0.320 e. The lowest BCUT2D eigenvalue weighted by Crippen LogP contribution is -2.38. The molecule has 0 bridgehead atoms. The minimum absolute atomic E-state index is 0.0197. The molecule has 0 spiro atoms. The van der Waals surface area contributed by atoms with Gasteiger partial charge in [0.05, 0.1) is 15.8 Å². The van der Waals surface area contributed by atoms with Crippen LogP contribution in [0.25, 0.3) is 0 Å². The molecule has 23 heavy (non-hydrogen) atoms. The Morgan fingerprint density at radius 1 is 1.39 bits per heavy atom. The largest absolute Gasteiger partial charge is 0.409 e. The number of rotatable bonds is 4. The van der Waals surface area contributed by atoms with Crippen LogP contribution in [0.4, 0.5) is 13.2 Å². The van der Waals surface area contributed by atoms with Crippen molar-refractivity contribution < 1.29 is 22.2 Å². The number of nitrogens with zero attached hydrogens (tertiary/aromatic N) is 2. The van der Waals surface area contributed by atoms with Gasteiger partial charge in [0.25, 0.3) is 11.5 Å². The summed E-state index contributed by atoms with van der Waals surface area (Å²) < 4.78 is 56.1. The predicted molar refractivity (Wildman–Crippen MR) is 78.3 cm³/mol. The number of alkyl halides is 3. The van der Waals surface area contributed by atoms with E-state index < -0.39 is 51.6 Å². The number of aromatic nitrogens is 1. The molecule has 2 heterocycles. The van der Waals surface area contributed by atoms with Crippen LogP contribution in [-0.4, -0.2) is 38.4 Å². The van der Waals surface area contributed by atoms with Crippen LogP contribution in [0, 0.1) is 0 Å². The summed E-state index contributed by atoms with van der Waals surface area (Å²) >= 11 is 0. The second-order valence-corrected chi connectivity index (χ2v) is 7.84. The van der Waals surface area contributed by atoms with Gasteiger partial charge < -0.3 is 10.3 Å². The maximum atomic E-state index is 13.2. The molecule has 2 N–H and O–H groups in total. The molecule has 10 heteroatoms. The zero-order valence-corrected chi connectivity index (χ0v) is 12.8. The lowest BCUT2D eigenvalue weighted by atomic mass is 10.2. The van der Waals surface area contributed by atoms with E-state index in [-0.39, 0.29) is 12.2 Å². The number of halogens is 3. The quantitative estimate of drug-likeness (QED) is 0.878. The van der Waals surface area contributed by atoms with E-state index in [0.29, 0.717) is 4.57 Å². The first-order valence-corrected chi connectivity index (χ1v) is 8.73. The molecule has 0 saturated heterocycles. The molecule has 3 atom stereocenters. The van der Waals surface area contributed by atoms with E-state index in [4.69, 9.17) is 5.73 Å². The number of pyridine rings is 1. The van der Waals surface area contributed by atoms with Crippen LogP contribution >= 0.6 is 0 Å². The molecular weight excluding hydrogens is 335 g/mol. The Labute approximate surface area is 130 Å². The molecule has 1 aromatic rings. The summed E-state index contributed by atoms with van der Waals surface area (Å²) in [6, 6.07) is 0.707. The zero-order chi connectivity index (χ0) is 17.3. The van der Waals surface area contributed by atoms with Gasteiger partial charge in [0.2, 0.25) is 0 Å². The SMILES string of the molecule is N[C@H]1CCS(=O)(CCC(n2ccccc2=O)C(F)(F)F)=NC1=O. The van der Waals surface area contributed by atoms with Crippen LogP contribution in [0.3, 0.4) is 0 Å². The van der Waals surface area contributed by atoms with Crippen LogP contribution in [0.1, 0.15) is 18.9 Å². The summed E-state index contributed by atoms with van der Waals surface area (Å²) in [5, 5.41) is 0. The van der Waals surface area contributed by atoms with E-state index in [1.165, 1.54) is 12.1 Å². The topological polar surface area (TPSA) is 94.5 Å². The number of hydrogen-bond acceptors (Lipinski definition) is 4.